The van der Waals surface area contributed by atoms with Gasteiger partial charge in [0.25, 0.3) is 5.69 Å². The summed E-state index contributed by atoms with van der Waals surface area (Å²) in [6, 6.07) is -1.21. The molecule has 1 aliphatic rings. The first-order valence-corrected chi connectivity index (χ1v) is 12.7. The number of nitrogens with zero attached hydrogens (tertiary/aromatic N) is 3. The van der Waals surface area contributed by atoms with Crippen LogP contribution in [0, 0.1) is 10.1 Å². The number of benzene rings is 1. The molecule has 1 heterocycles. The van der Waals surface area contributed by atoms with Crippen molar-refractivity contribution in [3.8, 4) is 0 Å². The van der Waals surface area contributed by atoms with Gasteiger partial charge in [0.2, 0.25) is 21.8 Å². The molecular weight excluding hydrogens is 548 g/mol. The number of barbiturate groups is 1. The van der Waals surface area contributed by atoms with Crippen molar-refractivity contribution in [2.45, 2.75) is 55.5 Å². The van der Waals surface area contributed by atoms with Gasteiger partial charge in [0.05, 0.1) is 9.82 Å². The summed E-state index contributed by atoms with van der Waals surface area (Å²) >= 11 is 0. The van der Waals surface area contributed by atoms with E-state index < -0.39 is 82.0 Å². The molecule has 0 unspecified atom stereocenters. The number of nitro benzene ring substituents is 1. The number of rotatable bonds is 15. The van der Waals surface area contributed by atoms with Crippen molar-refractivity contribution in [3.63, 3.8) is 0 Å². The van der Waals surface area contributed by atoms with Gasteiger partial charge < -0.3 is 15.3 Å². The fourth-order valence-corrected chi connectivity index (χ4v) is 4.80. The van der Waals surface area contributed by atoms with Gasteiger partial charge in [-0.15, -0.1) is 0 Å². The molecule has 1 aromatic carbocycles. The highest BCUT2D eigenvalue weighted by Gasteiger charge is 2.48. The Kier molecular flexibility index (Phi) is 10.2. The van der Waals surface area contributed by atoms with Crippen LogP contribution in [-0.4, -0.2) is 92.8 Å². The maximum atomic E-state index is 12.9. The lowest BCUT2D eigenvalue weighted by Crippen LogP contribution is -2.63. The molecule has 0 aromatic heterocycles. The molecule has 1 saturated heterocycles. The Labute approximate surface area is 220 Å². The van der Waals surface area contributed by atoms with Crippen molar-refractivity contribution >= 4 is 51.5 Å². The smallest absolute Gasteiger partial charge is 0.335 e. The first-order chi connectivity index (χ1) is 18.2. The quantitative estimate of drug-likeness (QED) is 0.0934. The van der Waals surface area contributed by atoms with Gasteiger partial charge in [-0.2, -0.15) is 0 Å². The van der Waals surface area contributed by atoms with Crippen LogP contribution < -0.4 is 4.72 Å². The van der Waals surface area contributed by atoms with Crippen molar-refractivity contribution in [1.82, 2.24) is 14.5 Å². The SMILES string of the molecule is O=C(O)CC[C@@H](C(=O)O)N1C(=O)CC(=O)N([C@@H](CCCCNS(=O)(=O)c2ccc([N+](=O)[O-])cc2)C(=O)O)C1=O. The lowest BCUT2D eigenvalue weighted by molar-refractivity contribution is -0.384. The monoisotopic (exact) mass is 572 g/mol. The van der Waals surface area contributed by atoms with Crippen molar-refractivity contribution < 1.29 is 57.4 Å². The molecule has 0 saturated carbocycles. The van der Waals surface area contributed by atoms with E-state index in [1.165, 1.54) is 0 Å². The first kappa shape index (κ1) is 30.8. The van der Waals surface area contributed by atoms with Crippen molar-refractivity contribution in [2.75, 3.05) is 6.54 Å². The second-order valence-electron chi connectivity index (χ2n) is 8.27. The van der Waals surface area contributed by atoms with Crippen LogP contribution in [0.5, 0.6) is 0 Å². The third-order valence-corrected chi connectivity index (χ3v) is 7.11. The van der Waals surface area contributed by atoms with Crippen LogP contribution in [0.3, 0.4) is 0 Å². The second-order valence-corrected chi connectivity index (χ2v) is 10.0. The number of carbonyl (C=O) groups is 6. The normalized spacial score (nSPS) is 15.6. The van der Waals surface area contributed by atoms with Crippen molar-refractivity contribution in [3.05, 3.63) is 34.4 Å². The van der Waals surface area contributed by atoms with E-state index in [0.717, 1.165) is 24.3 Å². The topological polar surface area (TPSA) is 259 Å². The third kappa shape index (κ3) is 7.77. The maximum Gasteiger partial charge on any atom is 0.335 e. The molecule has 2 atom stereocenters. The lowest BCUT2D eigenvalue weighted by Gasteiger charge is -2.38. The Bertz CT molecular complexity index is 1280. The summed E-state index contributed by atoms with van der Waals surface area (Å²) < 4.78 is 26.9. The number of carboxylic acid groups (broad SMARTS) is 3. The van der Waals surface area contributed by atoms with E-state index in [1.807, 2.05) is 0 Å². The van der Waals surface area contributed by atoms with Gasteiger partial charge >= 0.3 is 23.9 Å². The minimum Gasteiger partial charge on any atom is -0.481 e. The number of hydrogen-bond acceptors (Lipinski definition) is 10. The number of carbonyl (C=O) groups excluding carboxylic acids is 3. The number of sulfonamides is 1. The first-order valence-electron chi connectivity index (χ1n) is 11.3. The molecule has 2 rings (SSSR count). The molecule has 0 radical (unpaired) electrons. The van der Waals surface area contributed by atoms with Gasteiger partial charge in [0.15, 0.2) is 0 Å². The number of nitrogens with one attached hydrogen (secondary N) is 1. The van der Waals surface area contributed by atoms with Crippen LogP contribution in [0.2, 0.25) is 0 Å². The Morgan fingerprint density at radius 1 is 0.923 bits per heavy atom. The summed E-state index contributed by atoms with van der Waals surface area (Å²) in [5, 5.41) is 38.6. The second kappa shape index (κ2) is 12.9. The highest BCUT2D eigenvalue weighted by molar-refractivity contribution is 7.89. The number of hydrogen-bond donors (Lipinski definition) is 4. The number of amides is 4. The summed E-state index contributed by atoms with van der Waals surface area (Å²) in [4.78, 5) is 82.2. The number of aliphatic carboxylic acids is 3. The van der Waals surface area contributed by atoms with E-state index in [9.17, 15) is 57.5 Å². The minimum atomic E-state index is -4.05. The average Bonchev–Trinajstić information content (AvgIpc) is 2.83. The zero-order valence-electron chi connectivity index (χ0n) is 20.1. The third-order valence-electron chi connectivity index (χ3n) is 5.63. The van der Waals surface area contributed by atoms with Gasteiger partial charge in [-0.3, -0.25) is 24.5 Å². The van der Waals surface area contributed by atoms with Crippen LogP contribution in [0.25, 0.3) is 0 Å². The molecule has 212 valence electrons. The molecule has 1 aromatic rings. The highest BCUT2D eigenvalue weighted by atomic mass is 32.2. The average molecular weight is 573 g/mol. The van der Waals surface area contributed by atoms with Gasteiger partial charge in [-0.05, 0) is 37.8 Å². The number of unbranched alkanes of at least 4 members (excludes halogenated alkanes) is 1. The number of urea groups is 1. The summed E-state index contributed by atoms with van der Waals surface area (Å²) in [7, 11) is -4.05. The largest absolute Gasteiger partial charge is 0.481 e. The Morgan fingerprint density at radius 3 is 1.90 bits per heavy atom. The van der Waals surface area contributed by atoms with Gasteiger partial charge in [-0.25, -0.2) is 37.3 Å². The standard InChI is InChI=1S/C21H24N4O13S/c26-16-11-17(27)24(15(20(32)33)8-9-18(28)29)21(34)23(16)14(19(30)31)3-1-2-10-22-39(37,38)13-6-4-12(5-7-13)25(35)36/h4-7,14-15,22H,1-3,8-11H2,(H,28,29)(H,30,31)(H,32,33)/t14-,15-/m0/s1. The molecule has 4 N–H and O–H groups in total. The van der Waals surface area contributed by atoms with E-state index in [0.29, 0.717) is 0 Å². The Hall–Kier alpha value is -4.45. The molecule has 4 amide bonds. The zero-order chi connectivity index (χ0) is 29.5. The number of imide groups is 2. The molecule has 39 heavy (non-hydrogen) atoms. The fourth-order valence-electron chi connectivity index (χ4n) is 3.73. The number of nitro groups is 1. The summed E-state index contributed by atoms with van der Waals surface area (Å²) in [5.41, 5.74) is -0.313. The molecule has 18 heteroatoms. The van der Waals surface area contributed by atoms with Gasteiger partial charge in [0.1, 0.15) is 18.5 Å². The van der Waals surface area contributed by atoms with E-state index in [-0.39, 0.29) is 46.2 Å². The van der Waals surface area contributed by atoms with Crippen molar-refractivity contribution in [1.29, 1.82) is 0 Å². The molecule has 0 spiro atoms. The van der Waals surface area contributed by atoms with Crippen LogP contribution in [0.15, 0.2) is 29.2 Å². The van der Waals surface area contributed by atoms with Crippen LogP contribution in [0.4, 0.5) is 10.5 Å². The molecular formula is C21H24N4O13S. The van der Waals surface area contributed by atoms with Crippen LogP contribution in [-0.2, 0) is 34.0 Å². The van der Waals surface area contributed by atoms with E-state index in [2.05, 4.69) is 4.72 Å². The molecule has 1 aliphatic heterocycles. The molecule has 17 nitrogen and oxygen atoms in total. The number of non-ortho nitro benzene ring substituents is 1. The summed E-state index contributed by atoms with van der Waals surface area (Å²) in [5.74, 6) is -7.17. The summed E-state index contributed by atoms with van der Waals surface area (Å²) in [6.45, 7) is -0.200. The Morgan fingerprint density at radius 2 is 1.44 bits per heavy atom. The fraction of sp³-hybridized carbons (Fsp3) is 0.429. The van der Waals surface area contributed by atoms with Crippen molar-refractivity contribution in [2.24, 2.45) is 0 Å². The maximum absolute atomic E-state index is 12.9. The predicted octanol–water partition coefficient (Wildman–Crippen LogP) is -0.00450. The van der Waals surface area contributed by atoms with Gasteiger partial charge in [-0.1, -0.05) is 0 Å². The Balaban J connectivity index is 2.07. The van der Waals surface area contributed by atoms with Crippen LogP contribution >= 0.6 is 0 Å². The zero-order valence-corrected chi connectivity index (χ0v) is 20.9. The van der Waals surface area contributed by atoms with Crippen LogP contribution in [0.1, 0.15) is 38.5 Å². The van der Waals surface area contributed by atoms with Gasteiger partial charge in [0, 0.05) is 25.1 Å². The van der Waals surface area contributed by atoms with E-state index in [4.69, 9.17) is 5.11 Å². The molecule has 1 fully saturated rings. The molecule has 0 aliphatic carbocycles. The van der Waals surface area contributed by atoms with E-state index >= 15 is 0 Å². The lowest BCUT2D eigenvalue weighted by atomic mass is 10.0. The highest BCUT2D eigenvalue weighted by Crippen LogP contribution is 2.23. The van der Waals surface area contributed by atoms with E-state index in [1.54, 1.807) is 0 Å². The minimum absolute atomic E-state index is 0.0330. The number of carboxylic acids is 3. The predicted molar refractivity (Wildman–Crippen MR) is 126 cm³/mol. The molecule has 0 bridgehead atoms. The summed E-state index contributed by atoms with van der Waals surface area (Å²) in [6.07, 6.45) is -2.78.